The molecule has 7 unspecified atom stereocenters. The van der Waals surface area contributed by atoms with Crippen molar-refractivity contribution in [2.24, 2.45) is 0 Å². The molecular formula is C54H99NO8. The summed E-state index contributed by atoms with van der Waals surface area (Å²) in [6, 6.07) is -0.833. The van der Waals surface area contributed by atoms with Crippen molar-refractivity contribution in [2.45, 2.75) is 275 Å². The Balaban J connectivity index is 2.33. The fourth-order valence-corrected chi connectivity index (χ4v) is 8.12. The average Bonchev–Trinajstić information content (AvgIpc) is 3.28. The first-order valence-corrected chi connectivity index (χ1v) is 26.4. The minimum Gasteiger partial charge on any atom is -0.394 e. The second-order valence-corrected chi connectivity index (χ2v) is 18.3. The molecule has 368 valence electrons. The Hall–Kier alpha value is -1.85. The molecule has 0 saturated carbocycles. The molecule has 0 radical (unpaired) electrons. The maximum Gasteiger partial charge on any atom is 0.220 e. The van der Waals surface area contributed by atoms with Crippen molar-refractivity contribution in [2.75, 3.05) is 13.2 Å². The highest BCUT2D eigenvalue weighted by Gasteiger charge is 2.44. The van der Waals surface area contributed by atoms with E-state index < -0.39 is 49.5 Å². The highest BCUT2D eigenvalue weighted by atomic mass is 16.7. The molecule has 1 fully saturated rings. The van der Waals surface area contributed by atoms with Gasteiger partial charge in [0.15, 0.2) is 6.29 Å². The van der Waals surface area contributed by atoms with Gasteiger partial charge in [0.2, 0.25) is 5.91 Å². The van der Waals surface area contributed by atoms with Crippen molar-refractivity contribution in [3.8, 4) is 0 Å². The summed E-state index contributed by atoms with van der Waals surface area (Å²) < 4.78 is 11.2. The summed E-state index contributed by atoms with van der Waals surface area (Å²) in [4.78, 5) is 13.0. The van der Waals surface area contributed by atoms with Crippen LogP contribution in [0.5, 0.6) is 0 Å². The van der Waals surface area contributed by atoms with Crippen molar-refractivity contribution in [1.29, 1.82) is 0 Å². The van der Waals surface area contributed by atoms with Crippen molar-refractivity contribution in [3.63, 3.8) is 0 Å². The van der Waals surface area contributed by atoms with E-state index in [1.165, 1.54) is 148 Å². The third-order valence-electron chi connectivity index (χ3n) is 12.4. The molecule has 0 aromatic carbocycles. The molecule has 1 amide bonds. The monoisotopic (exact) mass is 890 g/mol. The Kier molecular flexibility index (Phi) is 41.3. The minimum atomic E-state index is -1.58. The van der Waals surface area contributed by atoms with Gasteiger partial charge in [-0.25, -0.2) is 0 Å². The van der Waals surface area contributed by atoms with Gasteiger partial charge in [-0.05, 0) is 70.6 Å². The van der Waals surface area contributed by atoms with Crippen LogP contribution in [0, 0.1) is 0 Å². The number of aliphatic hydroxyl groups excluding tert-OH is 5. The topological polar surface area (TPSA) is 149 Å². The molecule has 1 aliphatic rings. The number of hydrogen-bond acceptors (Lipinski definition) is 8. The largest absolute Gasteiger partial charge is 0.394 e. The zero-order valence-corrected chi connectivity index (χ0v) is 40.6. The first-order chi connectivity index (χ1) is 30.8. The molecule has 7 atom stereocenters. The van der Waals surface area contributed by atoms with Gasteiger partial charge in [-0.2, -0.15) is 0 Å². The number of carbonyl (C=O) groups is 1. The Morgan fingerprint density at radius 3 is 1.33 bits per heavy atom. The second kappa shape index (κ2) is 44.0. The summed E-state index contributed by atoms with van der Waals surface area (Å²) in [6.07, 6.45) is 50.2. The van der Waals surface area contributed by atoms with Crippen LogP contribution in [0.15, 0.2) is 48.6 Å². The number of allylic oxidation sites excluding steroid dienone is 7. The van der Waals surface area contributed by atoms with E-state index in [1.807, 2.05) is 6.08 Å². The lowest BCUT2D eigenvalue weighted by atomic mass is 9.99. The summed E-state index contributed by atoms with van der Waals surface area (Å²) in [6.45, 7) is 3.76. The molecule has 9 nitrogen and oxygen atoms in total. The Labute approximate surface area is 386 Å². The molecule has 1 saturated heterocycles. The lowest BCUT2D eigenvalue weighted by molar-refractivity contribution is -0.302. The molecule has 1 aliphatic heterocycles. The molecule has 0 aromatic rings. The fourth-order valence-electron chi connectivity index (χ4n) is 8.12. The van der Waals surface area contributed by atoms with Gasteiger partial charge in [0.1, 0.15) is 24.4 Å². The van der Waals surface area contributed by atoms with Crippen molar-refractivity contribution in [1.82, 2.24) is 5.32 Å². The van der Waals surface area contributed by atoms with Crippen molar-refractivity contribution >= 4 is 5.91 Å². The van der Waals surface area contributed by atoms with Gasteiger partial charge in [-0.1, -0.05) is 204 Å². The second-order valence-electron chi connectivity index (χ2n) is 18.3. The summed E-state index contributed by atoms with van der Waals surface area (Å²) >= 11 is 0. The Morgan fingerprint density at radius 1 is 0.524 bits per heavy atom. The SMILES string of the molecule is CCCCCCCCCCC/C=C\CCCCCCCC(=O)NC(COC1OC(CO)C(O)C(O)C1O)C(O)/C=C/CC/C=C/CC/C=C/CCCCCCCCCCCCCC. The highest BCUT2D eigenvalue weighted by molar-refractivity contribution is 5.76. The standard InChI is InChI=1S/C54H99NO8/c1-3-5-7-9-11-13-15-17-19-21-23-24-25-26-27-29-31-33-35-37-39-41-43-48(57)47(46-62-54-53(61)52(60)51(59)49(45-56)63-54)55-50(58)44-42-40-38-36-34-32-30-28-22-20-18-16-14-12-10-8-6-4-2/h26-28,30,33,35,41,43,47-49,51-54,56-57,59-61H,3-25,29,31-32,34,36-40,42,44-46H2,1-2H3,(H,55,58)/b27-26+,30-28-,35-33+,43-41+. The van der Waals surface area contributed by atoms with Crippen LogP contribution in [0.25, 0.3) is 0 Å². The van der Waals surface area contributed by atoms with Gasteiger partial charge >= 0.3 is 0 Å². The third kappa shape index (κ3) is 34.2. The van der Waals surface area contributed by atoms with Crippen LogP contribution in [-0.4, -0.2) is 87.5 Å². The van der Waals surface area contributed by atoms with Crippen LogP contribution in [0.4, 0.5) is 0 Å². The molecule has 63 heavy (non-hydrogen) atoms. The lowest BCUT2D eigenvalue weighted by Crippen LogP contribution is -2.60. The van der Waals surface area contributed by atoms with Crippen LogP contribution < -0.4 is 5.32 Å². The van der Waals surface area contributed by atoms with Crippen LogP contribution in [0.1, 0.15) is 232 Å². The highest BCUT2D eigenvalue weighted by Crippen LogP contribution is 2.23. The van der Waals surface area contributed by atoms with Crippen molar-refractivity contribution < 1.29 is 39.8 Å². The number of unbranched alkanes of at least 4 members (excludes halogenated alkanes) is 28. The van der Waals surface area contributed by atoms with Gasteiger partial charge in [0.25, 0.3) is 0 Å². The van der Waals surface area contributed by atoms with Crippen LogP contribution >= 0.6 is 0 Å². The van der Waals surface area contributed by atoms with Gasteiger partial charge in [-0.15, -0.1) is 0 Å². The smallest absolute Gasteiger partial charge is 0.220 e. The number of hydrogen-bond donors (Lipinski definition) is 6. The number of rotatable bonds is 44. The van der Waals surface area contributed by atoms with Gasteiger partial charge in [-0.3, -0.25) is 4.79 Å². The Morgan fingerprint density at radius 2 is 0.905 bits per heavy atom. The van der Waals surface area contributed by atoms with E-state index in [-0.39, 0.29) is 12.5 Å². The predicted octanol–water partition coefficient (Wildman–Crippen LogP) is 12.2. The molecular weight excluding hydrogens is 791 g/mol. The quantitative estimate of drug-likeness (QED) is 0.0262. The third-order valence-corrected chi connectivity index (χ3v) is 12.4. The van der Waals surface area contributed by atoms with E-state index in [1.54, 1.807) is 6.08 Å². The van der Waals surface area contributed by atoms with Gasteiger partial charge < -0.3 is 40.3 Å². The van der Waals surface area contributed by atoms with Crippen LogP contribution in [-0.2, 0) is 14.3 Å². The minimum absolute atomic E-state index is 0.199. The first-order valence-electron chi connectivity index (χ1n) is 26.4. The van der Waals surface area contributed by atoms with E-state index in [4.69, 9.17) is 9.47 Å². The maximum atomic E-state index is 13.0. The molecule has 0 aliphatic carbocycles. The number of amides is 1. The summed E-state index contributed by atoms with van der Waals surface area (Å²) in [5.41, 5.74) is 0. The maximum absolute atomic E-state index is 13.0. The van der Waals surface area contributed by atoms with Crippen LogP contribution in [0.3, 0.4) is 0 Å². The van der Waals surface area contributed by atoms with E-state index in [0.29, 0.717) is 6.42 Å². The Bertz CT molecular complexity index is 1130. The zero-order chi connectivity index (χ0) is 45.9. The molecule has 9 heteroatoms. The van der Waals surface area contributed by atoms with Crippen molar-refractivity contribution in [3.05, 3.63) is 48.6 Å². The normalized spacial score (nSPS) is 20.5. The summed E-state index contributed by atoms with van der Waals surface area (Å²) in [5.74, 6) is -0.199. The van der Waals surface area contributed by atoms with Gasteiger partial charge in [0.05, 0.1) is 25.4 Å². The zero-order valence-electron chi connectivity index (χ0n) is 40.6. The van der Waals surface area contributed by atoms with Crippen LogP contribution in [0.2, 0.25) is 0 Å². The average molecular weight is 890 g/mol. The first kappa shape index (κ1) is 59.2. The predicted molar refractivity (Wildman–Crippen MR) is 263 cm³/mol. The number of ether oxygens (including phenoxy) is 2. The van der Waals surface area contributed by atoms with E-state index in [0.717, 1.165) is 64.2 Å². The number of carbonyl (C=O) groups excluding carboxylic acids is 1. The number of nitrogens with one attached hydrogen (secondary N) is 1. The van der Waals surface area contributed by atoms with E-state index in [9.17, 15) is 30.3 Å². The molecule has 1 heterocycles. The molecule has 1 rings (SSSR count). The lowest BCUT2D eigenvalue weighted by Gasteiger charge is -2.40. The molecule has 0 bridgehead atoms. The van der Waals surface area contributed by atoms with Gasteiger partial charge in [0, 0.05) is 6.42 Å². The molecule has 0 spiro atoms. The summed E-state index contributed by atoms with van der Waals surface area (Å²) in [7, 11) is 0. The summed E-state index contributed by atoms with van der Waals surface area (Å²) in [5, 5.41) is 54.3. The molecule has 6 N–H and O–H groups in total. The fraction of sp³-hybridized carbons (Fsp3) is 0.833. The van der Waals surface area contributed by atoms with E-state index >= 15 is 0 Å². The molecule has 0 aromatic heterocycles. The number of aliphatic hydroxyl groups is 5. The van der Waals surface area contributed by atoms with E-state index in [2.05, 4.69) is 55.6 Å².